The van der Waals surface area contributed by atoms with Gasteiger partial charge in [0.05, 0.1) is 6.61 Å². The average molecular weight is 207 g/mol. The molecular formula is C9H22NO2P. The Morgan fingerprint density at radius 2 is 1.62 bits per heavy atom. The fourth-order valence-electron chi connectivity index (χ4n) is 1.74. The highest BCUT2D eigenvalue weighted by Crippen LogP contribution is 2.49. The summed E-state index contributed by atoms with van der Waals surface area (Å²) in [5, 5.41) is 0. The molecule has 80 valence electrons. The van der Waals surface area contributed by atoms with Gasteiger partial charge < -0.3 is 4.52 Å². The largest absolute Gasteiger partial charge is 0.318 e. The van der Waals surface area contributed by atoms with Crippen LogP contribution in [0.5, 0.6) is 0 Å². The quantitative estimate of drug-likeness (QED) is 0.649. The fourth-order valence-corrected chi connectivity index (χ4v) is 4.03. The molecule has 0 saturated carbocycles. The lowest BCUT2D eigenvalue weighted by atomic mass is 10.3. The summed E-state index contributed by atoms with van der Waals surface area (Å²) in [4.78, 5) is 0. The average Bonchev–Trinajstić information content (AvgIpc) is 1.82. The van der Waals surface area contributed by atoms with Crippen LogP contribution >= 0.6 is 7.52 Å². The highest BCUT2D eigenvalue weighted by atomic mass is 31.2. The van der Waals surface area contributed by atoms with Gasteiger partial charge in [0, 0.05) is 18.7 Å². The monoisotopic (exact) mass is 207 g/mol. The number of rotatable bonds is 5. The van der Waals surface area contributed by atoms with E-state index in [1.165, 1.54) is 0 Å². The molecule has 0 aromatic heterocycles. The highest BCUT2D eigenvalue weighted by molar-refractivity contribution is 7.55. The zero-order chi connectivity index (χ0) is 10.6. The molecule has 0 fully saturated rings. The summed E-state index contributed by atoms with van der Waals surface area (Å²) in [6.45, 7) is 12.2. The van der Waals surface area contributed by atoms with Gasteiger partial charge >= 0.3 is 0 Å². The molecule has 4 heteroatoms. The van der Waals surface area contributed by atoms with Gasteiger partial charge in [0.15, 0.2) is 0 Å². The van der Waals surface area contributed by atoms with E-state index < -0.39 is 7.52 Å². The van der Waals surface area contributed by atoms with Gasteiger partial charge in [-0.15, -0.1) is 0 Å². The van der Waals surface area contributed by atoms with Crippen molar-refractivity contribution in [3.8, 4) is 0 Å². The lowest BCUT2D eigenvalue weighted by molar-refractivity contribution is 0.227. The van der Waals surface area contributed by atoms with Gasteiger partial charge in [-0.3, -0.25) is 4.57 Å². The molecule has 0 aromatic rings. The van der Waals surface area contributed by atoms with E-state index in [1.807, 2.05) is 39.3 Å². The summed E-state index contributed by atoms with van der Waals surface area (Å²) in [6, 6.07) is 0.504. The van der Waals surface area contributed by atoms with Crippen LogP contribution < -0.4 is 0 Å². The zero-order valence-corrected chi connectivity index (χ0v) is 10.5. The van der Waals surface area contributed by atoms with Crippen LogP contribution in [0.25, 0.3) is 0 Å². The third kappa shape index (κ3) is 3.80. The van der Waals surface area contributed by atoms with Crippen molar-refractivity contribution < 1.29 is 9.09 Å². The lowest BCUT2D eigenvalue weighted by Crippen LogP contribution is -2.34. The standard InChI is InChI=1S/C9H22NO2P/c1-7-12-13(6,11)10(8(2)3)9(4)5/h8-9H,7H2,1-6H3. The molecule has 1 atom stereocenters. The lowest BCUT2D eigenvalue weighted by Gasteiger charge is -2.34. The van der Waals surface area contributed by atoms with Crippen molar-refractivity contribution in [3.63, 3.8) is 0 Å². The highest BCUT2D eigenvalue weighted by Gasteiger charge is 2.30. The van der Waals surface area contributed by atoms with E-state index in [1.54, 1.807) is 6.66 Å². The summed E-state index contributed by atoms with van der Waals surface area (Å²) in [5.41, 5.74) is 0. The van der Waals surface area contributed by atoms with Crippen molar-refractivity contribution in [1.82, 2.24) is 4.67 Å². The summed E-state index contributed by atoms with van der Waals surface area (Å²) >= 11 is 0. The van der Waals surface area contributed by atoms with Crippen LogP contribution in [0.4, 0.5) is 0 Å². The van der Waals surface area contributed by atoms with Crippen molar-refractivity contribution >= 4 is 7.52 Å². The summed E-state index contributed by atoms with van der Waals surface area (Å²) in [6.07, 6.45) is 0. The third-order valence-electron chi connectivity index (χ3n) is 1.85. The Hall–Kier alpha value is 0.150. The van der Waals surface area contributed by atoms with Gasteiger partial charge in [-0.25, -0.2) is 4.67 Å². The van der Waals surface area contributed by atoms with Crippen LogP contribution in [0.2, 0.25) is 0 Å². The molecule has 0 heterocycles. The molecule has 0 aliphatic heterocycles. The Labute approximate surface area is 82.0 Å². The van der Waals surface area contributed by atoms with Crippen LogP contribution in [-0.2, 0) is 9.09 Å². The van der Waals surface area contributed by atoms with E-state index in [9.17, 15) is 4.57 Å². The molecule has 0 aromatic carbocycles. The van der Waals surface area contributed by atoms with Crippen LogP contribution in [-0.4, -0.2) is 30.0 Å². The topological polar surface area (TPSA) is 29.5 Å². The van der Waals surface area contributed by atoms with Gasteiger partial charge in [0.1, 0.15) is 0 Å². The van der Waals surface area contributed by atoms with Gasteiger partial charge in [-0.2, -0.15) is 0 Å². The number of hydrogen-bond donors (Lipinski definition) is 0. The third-order valence-corrected chi connectivity index (χ3v) is 4.35. The molecule has 0 amide bonds. The maximum atomic E-state index is 12.1. The Morgan fingerprint density at radius 1 is 1.23 bits per heavy atom. The maximum Gasteiger partial charge on any atom is 0.269 e. The molecule has 0 rings (SSSR count). The molecule has 3 nitrogen and oxygen atoms in total. The number of nitrogens with zero attached hydrogens (tertiary/aromatic N) is 1. The van der Waals surface area contributed by atoms with Crippen molar-refractivity contribution in [1.29, 1.82) is 0 Å². The van der Waals surface area contributed by atoms with Crippen LogP contribution in [0.15, 0.2) is 0 Å². The molecule has 0 bridgehead atoms. The van der Waals surface area contributed by atoms with E-state index in [0.717, 1.165) is 0 Å². The Balaban J connectivity index is 4.63. The molecule has 0 aliphatic carbocycles. The molecule has 13 heavy (non-hydrogen) atoms. The van der Waals surface area contributed by atoms with E-state index in [0.29, 0.717) is 6.61 Å². The molecule has 0 N–H and O–H groups in total. The Morgan fingerprint density at radius 3 is 1.85 bits per heavy atom. The SMILES string of the molecule is CCOP(C)(=O)N(C(C)C)C(C)C. The Kier molecular flexibility index (Phi) is 5.19. The minimum Gasteiger partial charge on any atom is -0.318 e. The smallest absolute Gasteiger partial charge is 0.269 e. The van der Waals surface area contributed by atoms with E-state index in [2.05, 4.69) is 0 Å². The first-order chi connectivity index (χ1) is 5.83. The van der Waals surface area contributed by atoms with Crippen LogP contribution in [0.1, 0.15) is 34.6 Å². The molecule has 0 radical (unpaired) electrons. The number of hydrogen-bond acceptors (Lipinski definition) is 2. The van der Waals surface area contributed by atoms with Crippen molar-refractivity contribution in [3.05, 3.63) is 0 Å². The van der Waals surface area contributed by atoms with Gasteiger partial charge in [-0.05, 0) is 34.6 Å². The predicted molar refractivity (Wildman–Crippen MR) is 57.3 cm³/mol. The second-order valence-corrected chi connectivity index (χ2v) is 6.11. The first-order valence-corrected chi connectivity index (χ1v) is 6.86. The zero-order valence-electron chi connectivity index (χ0n) is 9.57. The molecule has 0 aliphatic rings. The minimum absolute atomic E-state index is 0.252. The molecular weight excluding hydrogens is 185 g/mol. The van der Waals surface area contributed by atoms with E-state index in [-0.39, 0.29) is 12.1 Å². The van der Waals surface area contributed by atoms with Crippen LogP contribution in [0, 0.1) is 0 Å². The molecule has 1 unspecified atom stereocenters. The van der Waals surface area contributed by atoms with E-state index >= 15 is 0 Å². The maximum absolute atomic E-state index is 12.1. The van der Waals surface area contributed by atoms with E-state index in [4.69, 9.17) is 4.52 Å². The first-order valence-electron chi connectivity index (χ1n) is 4.83. The molecule has 0 saturated heterocycles. The second-order valence-electron chi connectivity index (χ2n) is 3.79. The Bertz CT molecular complexity index is 184. The van der Waals surface area contributed by atoms with Gasteiger partial charge in [0.2, 0.25) is 0 Å². The van der Waals surface area contributed by atoms with Gasteiger partial charge in [-0.1, -0.05) is 0 Å². The normalized spacial score (nSPS) is 17.0. The van der Waals surface area contributed by atoms with Crippen molar-refractivity contribution in [2.45, 2.75) is 46.7 Å². The van der Waals surface area contributed by atoms with Crippen molar-refractivity contribution in [2.75, 3.05) is 13.3 Å². The first kappa shape index (κ1) is 13.2. The summed E-state index contributed by atoms with van der Waals surface area (Å²) < 4.78 is 19.3. The minimum atomic E-state index is -2.58. The predicted octanol–water partition coefficient (Wildman–Crippen LogP) is 2.96. The second kappa shape index (κ2) is 5.14. The van der Waals surface area contributed by atoms with Crippen molar-refractivity contribution in [2.24, 2.45) is 0 Å². The summed E-state index contributed by atoms with van der Waals surface area (Å²) in [5.74, 6) is 0. The fraction of sp³-hybridized carbons (Fsp3) is 1.00. The van der Waals surface area contributed by atoms with Crippen LogP contribution in [0.3, 0.4) is 0 Å². The van der Waals surface area contributed by atoms with Gasteiger partial charge in [0.25, 0.3) is 7.52 Å². The summed E-state index contributed by atoms with van der Waals surface area (Å²) in [7, 11) is -2.58. The molecule has 0 spiro atoms.